The first-order chi connectivity index (χ1) is 11.5. The van der Waals surface area contributed by atoms with Crippen LogP contribution >= 0.6 is 0 Å². The summed E-state index contributed by atoms with van der Waals surface area (Å²) in [5.74, 6) is 0.00266. The molecule has 0 saturated carbocycles. The van der Waals surface area contributed by atoms with Gasteiger partial charge in [0.05, 0.1) is 6.10 Å². The van der Waals surface area contributed by atoms with E-state index in [1.807, 2.05) is 61.5 Å². The quantitative estimate of drug-likeness (QED) is 0.850. The van der Waals surface area contributed by atoms with Gasteiger partial charge in [0.25, 0.3) is 5.91 Å². The van der Waals surface area contributed by atoms with Gasteiger partial charge in [-0.3, -0.25) is 4.79 Å². The second kappa shape index (κ2) is 8.50. The van der Waals surface area contributed by atoms with E-state index in [0.29, 0.717) is 18.7 Å². The van der Waals surface area contributed by atoms with E-state index < -0.39 is 0 Å². The fourth-order valence-corrected chi connectivity index (χ4v) is 2.51. The third kappa shape index (κ3) is 4.83. The number of aliphatic hydroxyl groups excluding tert-OH is 1. The van der Waals surface area contributed by atoms with Gasteiger partial charge in [-0.1, -0.05) is 37.3 Å². The highest BCUT2D eigenvalue weighted by Gasteiger charge is 2.13. The molecule has 4 heteroatoms. The Morgan fingerprint density at radius 3 is 2.21 bits per heavy atom. The van der Waals surface area contributed by atoms with Crippen LogP contribution in [0.2, 0.25) is 0 Å². The van der Waals surface area contributed by atoms with Crippen LogP contribution < -0.4 is 4.90 Å². The largest absolute Gasteiger partial charge is 0.391 e. The van der Waals surface area contributed by atoms with Crippen molar-refractivity contribution >= 4 is 11.6 Å². The second-order valence-electron chi connectivity index (χ2n) is 6.17. The van der Waals surface area contributed by atoms with E-state index in [0.717, 1.165) is 17.7 Å². The molecule has 0 aliphatic carbocycles. The minimum Gasteiger partial charge on any atom is -0.391 e. The van der Waals surface area contributed by atoms with Crippen LogP contribution in [-0.4, -0.2) is 42.7 Å². The third-order valence-corrected chi connectivity index (χ3v) is 4.00. The molecule has 0 fully saturated rings. The Hall–Kier alpha value is -2.33. The van der Waals surface area contributed by atoms with Gasteiger partial charge >= 0.3 is 0 Å². The van der Waals surface area contributed by atoms with Crippen molar-refractivity contribution in [1.29, 1.82) is 0 Å². The van der Waals surface area contributed by atoms with E-state index in [4.69, 9.17) is 0 Å². The second-order valence-corrected chi connectivity index (χ2v) is 6.17. The van der Waals surface area contributed by atoms with Gasteiger partial charge in [-0.05, 0) is 36.2 Å². The maximum atomic E-state index is 12.0. The average Bonchev–Trinajstić information content (AvgIpc) is 2.61. The number of amides is 1. The molecule has 2 rings (SSSR count). The number of carbonyl (C=O) groups excluding carboxylic acids is 1. The molecule has 0 aromatic heterocycles. The van der Waals surface area contributed by atoms with Crippen LogP contribution in [0.25, 0.3) is 0 Å². The highest BCUT2D eigenvalue weighted by molar-refractivity contribution is 5.93. The first-order valence-corrected chi connectivity index (χ1v) is 8.30. The first-order valence-electron chi connectivity index (χ1n) is 8.30. The molecule has 4 nitrogen and oxygen atoms in total. The molecule has 1 N–H and O–H groups in total. The molecule has 0 bridgehead atoms. The van der Waals surface area contributed by atoms with Crippen molar-refractivity contribution in [2.75, 3.05) is 25.5 Å². The smallest absolute Gasteiger partial charge is 0.253 e. The molecule has 2 aromatic rings. The predicted octanol–water partition coefficient (Wildman–Crippen LogP) is 3.17. The summed E-state index contributed by atoms with van der Waals surface area (Å²) in [6.45, 7) is 3.26. The summed E-state index contributed by atoms with van der Waals surface area (Å²) in [6.07, 6.45) is 0.361. The summed E-state index contributed by atoms with van der Waals surface area (Å²) < 4.78 is 0. The first kappa shape index (κ1) is 18.0. The van der Waals surface area contributed by atoms with E-state index >= 15 is 0 Å². The maximum Gasteiger partial charge on any atom is 0.253 e. The summed E-state index contributed by atoms with van der Waals surface area (Å²) in [5, 5.41) is 10.1. The zero-order valence-electron chi connectivity index (χ0n) is 14.6. The molecule has 0 heterocycles. The van der Waals surface area contributed by atoms with Crippen LogP contribution in [0.4, 0.5) is 5.69 Å². The van der Waals surface area contributed by atoms with Gasteiger partial charge in [-0.2, -0.15) is 0 Å². The van der Waals surface area contributed by atoms with Crippen LogP contribution in [0.15, 0.2) is 54.6 Å². The van der Waals surface area contributed by atoms with Crippen LogP contribution in [-0.2, 0) is 6.54 Å². The SMILES string of the molecule is CCC(O)CN(Cc1ccc(C(=O)N(C)C)cc1)c1ccccc1. The number of hydrogen-bond acceptors (Lipinski definition) is 3. The molecule has 0 radical (unpaired) electrons. The van der Waals surface area contributed by atoms with Crippen molar-refractivity contribution in [3.63, 3.8) is 0 Å². The Morgan fingerprint density at radius 2 is 1.67 bits per heavy atom. The van der Waals surface area contributed by atoms with Gasteiger partial charge in [0.2, 0.25) is 0 Å². The average molecular weight is 326 g/mol. The normalized spacial score (nSPS) is 11.8. The molecular weight excluding hydrogens is 300 g/mol. The Morgan fingerprint density at radius 1 is 1.04 bits per heavy atom. The highest BCUT2D eigenvalue weighted by Crippen LogP contribution is 2.18. The predicted molar refractivity (Wildman–Crippen MR) is 98.2 cm³/mol. The highest BCUT2D eigenvalue weighted by atomic mass is 16.3. The van der Waals surface area contributed by atoms with E-state index in [2.05, 4.69) is 4.90 Å². The van der Waals surface area contributed by atoms with E-state index in [1.54, 1.807) is 19.0 Å². The fourth-order valence-electron chi connectivity index (χ4n) is 2.51. The summed E-state index contributed by atoms with van der Waals surface area (Å²) >= 11 is 0. The Bertz CT molecular complexity index is 638. The van der Waals surface area contributed by atoms with Gasteiger partial charge in [-0.15, -0.1) is 0 Å². The number of benzene rings is 2. The van der Waals surface area contributed by atoms with Crippen LogP contribution in [0.5, 0.6) is 0 Å². The molecule has 24 heavy (non-hydrogen) atoms. The number of nitrogens with zero attached hydrogens (tertiary/aromatic N) is 2. The lowest BCUT2D eigenvalue weighted by molar-refractivity contribution is 0.0827. The summed E-state index contributed by atoms with van der Waals surface area (Å²) in [6, 6.07) is 17.8. The summed E-state index contributed by atoms with van der Waals surface area (Å²) in [5.41, 5.74) is 2.87. The van der Waals surface area contributed by atoms with Gasteiger partial charge in [0.1, 0.15) is 0 Å². The van der Waals surface area contributed by atoms with Crippen molar-refractivity contribution in [2.45, 2.75) is 26.0 Å². The van der Waals surface area contributed by atoms with Crippen molar-refractivity contribution in [1.82, 2.24) is 4.90 Å². The zero-order valence-corrected chi connectivity index (χ0v) is 14.6. The molecule has 0 saturated heterocycles. The summed E-state index contributed by atoms with van der Waals surface area (Å²) in [4.78, 5) is 15.7. The monoisotopic (exact) mass is 326 g/mol. The standard InChI is InChI=1S/C20H26N2O2/c1-4-19(23)15-22(18-8-6-5-7-9-18)14-16-10-12-17(13-11-16)20(24)21(2)3/h5-13,19,23H,4,14-15H2,1-3H3. The lowest BCUT2D eigenvalue weighted by Gasteiger charge is -2.27. The molecular formula is C20H26N2O2. The van der Waals surface area contributed by atoms with Crippen LogP contribution in [0, 0.1) is 0 Å². The lowest BCUT2D eigenvalue weighted by Crippen LogP contribution is -2.31. The van der Waals surface area contributed by atoms with Gasteiger partial charge in [0.15, 0.2) is 0 Å². The van der Waals surface area contributed by atoms with Crippen molar-refractivity contribution in [3.8, 4) is 0 Å². The molecule has 1 unspecified atom stereocenters. The van der Waals surface area contributed by atoms with Gasteiger partial charge in [-0.25, -0.2) is 0 Å². The minimum absolute atomic E-state index is 0.00266. The molecule has 0 aliphatic heterocycles. The fraction of sp³-hybridized carbons (Fsp3) is 0.350. The number of para-hydroxylation sites is 1. The third-order valence-electron chi connectivity index (χ3n) is 4.00. The molecule has 0 spiro atoms. The minimum atomic E-state index is -0.361. The molecule has 2 aromatic carbocycles. The molecule has 1 amide bonds. The number of hydrogen-bond donors (Lipinski definition) is 1. The number of aliphatic hydroxyl groups is 1. The van der Waals surface area contributed by atoms with Crippen LogP contribution in [0.3, 0.4) is 0 Å². The Kier molecular flexibility index (Phi) is 6.38. The van der Waals surface area contributed by atoms with Gasteiger partial charge < -0.3 is 14.9 Å². The zero-order chi connectivity index (χ0) is 17.5. The lowest BCUT2D eigenvalue weighted by atomic mass is 10.1. The van der Waals surface area contributed by atoms with Crippen molar-refractivity contribution < 1.29 is 9.90 Å². The molecule has 1 atom stereocenters. The molecule has 0 aliphatic rings. The van der Waals surface area contributed by atoms with Crippen LogP contribution in [0.1, 0.15) is 29.3 Å². The van der Waals surface area contributed by atoms with E-state index in [1.165, 1.54) is 0 Å². The van der Waals surface area contributed by atoms with Crippen molar-refractivity contribution in [2.24, 2.45) is 0 Å². The van der Waals surface area contributed by atoms with Gasteiger partial charge in [0, 0.05) is 38.4 Å². The van der Waals surface area contributed by atoms with E-state index in [-0.39, 0.29) is 12.0 Å². The number of rotatable bonds is 7. The Labute approximate surface area is 144 Å². The number of anilines is 1. The van der Waals surface area contributed by atoms with Crippen molar-refractivity contribution in [3.05, 3.63) is 65.7 Å². The summed E-state index contributed by atoms with van der Waals surface area (Å²) in [7, 11) is 3.50. The topological polar surface area (TPSA) is 43.8 Å². The van der Waals surface area contributed by atoms with E-state index in [9.17, 15) is 9.90 Å². The molecule has 128 valence electrons. The Balaban J connectivity index is 2.15. The maximum absolute atomic E-state index is 12.0. The number of carbonyl (C=O) groups is 1.